The van der Waals surface area contributed by atoms with Gasteiger partial charge in [-0.1, -0.05) is 27.5 Å². The second-order valence-electron chi connectivity index (χ2n) is 3.51. The van der Waals surface area contributed by atoms with Gasteiger partial charge in [0.05, 0.1) is 10.6 Å². The van der Waals surface area contributed by atoms with Gasteiger partial charge in [0.1, 0.15) is 0 Å². The molecule has 0 aromatic heterocycles. The quantitative estimate of drug-likeness (QED) is 0.839. The molecule has 1 atom stereocenters. The van der Waals surface area contributed by atoms with Crippen LogP contribution in [0.5, 0.6) is 0 Å². The zero-order valence-corrected chi connectivity index (χ0v) is 12.5. The third-order valence-electron chi connectivity index (χ3n) is 2.07. The van der Waals surface area contributed by atoms with E-state index in [4.69, 9.17) is 11.6 Å². The van der Waals surface area contributed by atoms with Crippen molar-refractivity contribution in [2.45, 2.75) is 6.42 Å². The molecule has 94 valence electrons. The molecular weight excluding hydrogens is 326 g/mol. The Labute approximate surface area is 117 Å². The predicted molar refractivity (Wildman–Crippen MR) is 75.0 cm³/mol. The van der Waals surface area contributed by atoms with Crippen molar-refractivity contribution in [3.8, 4) is 0 Å². The van der Waals surface area contributed by atoms with E-state index in [1.165, 1.54) is 0 Å². The van der Waals surface area contributed by atoms with E-state index in [9.17, 15) is 9.00 Å². The standard InChI is InChI=1S/C11H13BrClNO2S/c1-17(16)6-2-5-14-11(15)9-7-8(12)3-4-10(9)13/h3-4,7H,2,5-6H2,1H3,(H,14,15). The van der Waals surface area contributed by atoms with Gasteiger partial charge >= 0.3 is 0 Å². The lowest BCUT2D eigenvalue weighted by Crippen LogP contribution is -2.25. The second kappa shape index (κ2) is 7.13. The number of carbonyl (C=O) groups is 1. The zero-order valence-electron chi connectivity index (χ0n) is 9.33. The Hall–Kier alpha value is -0.390. The van der Waals surface area contributed by atoms with Crippen molar-refractivity contribution in [3.05, 3.63) is 33.3 Å². The van der Waals surface area contributed by atoms with E-state index in [1.807, 2.05) is 0 Å². The number of hydrogen-bond donors (Lipinski definition) is 1. The molecule has 1 aromatic carbocycles. The van der Waals surface area contributed by atoms with E-state index in [1.54, 1.807) is 24.5 Å². The second-order valence-corrected chi connectivity index (χ2v) is 6.39. The van der Waals surface area contributed by atoms with Crippen molar-refractivity contribution in [3.63, 3.8) is 0 Å². The highest BCUT2D eigenvalue weighted by Gasteiger charge is 2.09. The molecule has 0 saturated heterocycles. The van der Waals surface area contributed by atoms with Gasteiger partial charge in [-0.3, -0.25) is 9.00 Å². The molecule has 1 aromatic rings. The number of hydrogen-bond acceptors (Lipinski definition) is 2. The molecule has 0 aliphatic carbocycles. The summed E-state index contributed by atoms with van der Waals surface area (Å²) in [5.41, 5.74) is 0.443. The molecule has 0 heterocycles. The van der Waals surface area contributed by atoms with Crippen LogP contribution in [0.2, 0.25) is 5.02 Å². The Kier molecular flexibility index (Phi) is 6.16. The number of nitrogens with one attached hydrogen (secondary N) is 1. The van der Waals surface area contributed by atoms with Crippen LogP contribution in [0.4, 0.5) is 0 Å². The van der Waals surface area contributed by atoms with E-state index in [0.29, 0.717) is 29.3 Å². The minimum Gasteiger partial charge on any atom is -0.352 e. The molecule has 0 bridgehead atoms. The van der Waals surface area contributed by atoms with Crippen molar-refractivity contribution in [1.29, 1.82) is 0 Å². The smallest absolute Gasteiger partial charge is 0.252 e. The topological polar surface area (TPSA) is 46.2 Å². The molecule has 3 nitrogen and oxygen atoms in total. The normalized spacial score (nSPS) is 12.2. The molecule has 0 radical (unpaired) electrons. The van der Waals surface area contributed by atoms with Crippen LogP contribution in [0.3, 0.4) is 0 Å². The Morgan fingerprint density at radius 2 is 2.24 bits per heavy atom. The van der Waals surface area contributed by atoms with E-state index in [2.05, 4.69) is 21.2 Å². The highest BCUT2D eigenvalue weighted by molar-refractivity contribution is 9.10. The summed E-state index contributed by atoms with van der Waals surface area (Å²) >= 11 is 9.21. The summed E-state index contributed by atoms with van der Waals surface area (Å²) in [7, 11) is -0.818. The third kappa shape index (κ3) is 5.19. The molecule has 0 saturated carbocycles. The predicted octanol–water partition coefficient (Wildman–Crippen LogP) is 2.60. The van der Waals surface area contributed by atoms with Crippen LogP contribution in [-0.2, 0) is 10.8 Å². The first-order valence-corrected chi connectivity index (χ1v) is 7.94. The third-order valence-corrected chi connectivity index (χ3v) is 3.75. The van der Waals surface area contributed by atoms with Crippen LogP contribution in [0.25, 0.3) is 0 Å². The highest BCUT2D eigenvalue weighted by Crippen LogP contribution is 2.20. The van der Waals surface area contributed by atoms with Crippen LogP contribution in [0, 0.1) is 0 Å². The van der Waals surface area contributed by atoms with Gasteiger partial charge in [-0.25, -0.2) is 0 Å². The average molecular weight is 339 g/mol. The molecule has 1 N–H and O–H groups in total. The summed E-state index contributed by atoms with van der Waals surface area (Å²) < 4.78 is 11.6. The van der Waals surface area contributed by atoms with Crippen LogP contribution in [0.15, 0.2) is 22.7 Å². The number of rotatable bonds is 5. The lowest BCUT2D eigenvalue weighted by Gasteiger charge is -2.06. The Bertz CT molecular complexity index is 439. The molecule has 1 unspecified atom stereocenters. The van der Waals surface area contributed by atoms with Gasteiger partial charge in [0.25, 0.3) is 5.91 Å². The van der Waals surface area contributed by atoms with E-state index in [-0.39, 0.29) is 5.91 Å². The van der Waals surface area contributed by atoms with Crippen LogP contribution in [0.1, 0.15) is 16.8 Å². The van der Waals surface area contributed by atoms with Crippen molar-refractivity contribution < 1.29 is 9.00 Å². The van der Waals surface area contributed by atoms with E-state index >= 15 is 0 Å². The summed E-state index contributed by atoms with van der Waals surface area (Å²) in [6.45, 7) is 0.501. The molecule has 17 heavy (non-hydrogen) atoms. The maximum absolute atomic E-state index is 11.8. The summed E-state index contributed by atoms with van der Waals surface area (Å²) in [6, 6.07) is 5.12. The number of carbonyl (C=O) groups excluding carboxylic acids is 1. The lowest BCUT2D eigenvalue weighted by molar-refractivity contribution is 0.0954. The largest absolute Gasteiger partial charge is 0.352 e. The first kappa shape index (κ1) is 14.7. The summed E-state index contributed by atoms with van der Waals surface area (Å²) in [6.07, 6.45) is 2.34. The van der Waals surface area contributed by atoms with Crippen molar-refractivity contribution in [2.75, 3.05) is 18.6 Å². The molecule has 1 amide bonds. The fourth-order valence-corrected chi connectivity index (χ4v) is 2.36. The van der Waals surface area contributed by atoms with E-state index < -0.39 is 10.8 Å². The van der Waals surface area contributed by atoms with Crippen LogP contribution >= 0.6 is 27.5 Å². The molecule has 0 aliphatic heterocycles. The average Bonchev–Trinajstić information content (AvgIpc) is 2.27. The number of amides is 1. The van der Waals surface area contributed by atoms with Crippen molar-refractivity contribution >= 4 is 44.2 Å². The number of halogens is 2. The van der Waals surface area contributed by atoms with Gasteiger partial charge in [0.15, 0.2) is 0 Å². The minimum atomic E-state index is -0.818. The van der Waals surface area contributed by atoms with Crippen molar-refractivity contribution in [2.24, 2.45) is 0 Å². The Balaban J connectivity index is 2.52. The molecule has 6 heteroatoms. The van der Waals surface area contributed by atoms with Gasteiger partial charge < -0.3 is 5.32 Å². The first-order valence-electron chi connectivity index (χ1n) is 5.04. The van der Waals surface area contributed by atoms with Crippen molar-refractivity contribution in [1.82, 2.24) is 5.32 Å². The highest BCUT2D eigenvalue weighted by atomic mass is 79.9. The van der Waals surface area contributed by atoms with Gasteiger partial charge in [0, 0.05) is 33.8 Å². The van der Waals surface area contributed by atoms with Gasteiger partial charge in [-0.05, 0) is 24.6 Å². The van der Waals surface area contributed by atoms with Crippen LogP contribution in [-0.4, -0.2) is 28.7 Å². The molecule has 0 spiro atoms. The van der Waals surface area contributed by atoms with Crippen LogP contribution < -0.4 is 5.32 Å². The molecule has 0 aliphatic rings. The fraction of sp³-hybridized carbons (Fsp3) is 0.364. The molecule has 0 fully saturated rings. The molecular formula is C11H13BrClNO2S. The monoisotopic (exact) mass is 337 g/mol. The fourth-order valence-electron chi connectivity index (χ4n) is 1.24. The molecule has 1 rings (SSSR count). The van der Waals surface area contributed by atoms with Gasteiger partial charge in [-0.15, -0.1) is 0 Å². The maximum Gasteiger partial charge on any atom is 0.252 e. The summed E-state index contributed by atoms with van der Waals surface area (Å²) in [4.78, 5) is 11.8. The Morgan fingerprint density at radius 1 is 1.53 bits per heavy atom. The maximum atomic E-state index is 11.8. The summed E-state index contributed by atoms with van der Waals surface area (Å²) in [5, 5.41) is 3.16. The Morgan fingerprint density at radius 3 is 2.88 bits per heavy atom. The zero-order chi connectivity index (χ0) is 12.8. The van der Waals surface area contributed by atoms with E-state index in [0.717, 1.165) is 4.47 Å². The first-order chi connectivity index (χ1) is 8.00. The van der Waals surface area contributed by atoms with Gasteiger partial charge in [0.2, 0.25) is 0 Å². The summed E-state index contributed by atoms with van der Waals surface area (Å²) in [5.74, 6) is 0.380. The lowest BCUT2D eigenvalue weighted by atomic mass is 10.2. The SMILES string of the molecule is CS(=O)CCCNC(=O)c1cc(Br)ccc1Cl. The number of benzene rings is 1. The van der Waals surface area contributed by atoms with Gasteiger partial charge in [-0.2, -0.15) is 0 Å². The minimum absolute atomic E-state index is 0.210.